The molecule has 7 heteroatoms. The van der Waals surface area contributed by atoms with E-state index >= 15 is 0 Å². The summed E-state index contributed by atoms with van der Waals surface area (Å²) in [6, 6.07) is 7.13. The fraction of sp³-hybridized carbons (Fsp3) is 0.550. The van der Waals surface area contributed by atoms with E-state index < -0.39 is 40.9 Å². The number of carboxylic acids is 1. The molecule has 150 valence electrons. The number of amides is 2. The molecule has 0 saturated heterocycles. The first kappa shape index (κ1) is 22.5. The van der Waals surface area contributed by atoms with E-state index in [4.69, 9.17) is 4.74 Å². The fourth-order valence-corrected chi connectivity index (χ4v) is 2.43. The van der Waals surface area contributed by atoms with Crippen LogP contribution in [0.5, 0.6) is 0 Å². The largest absolute Gasteiger partial charge is 0.480 e. The van der Waals surface area contributed by atoms with Crippen molar-refractivity contribution in [3.05, 3.63) is 35.9 Å². The first-order valence-electron chi connectivity index (χ1n) is 8.83. The number of ether oxygens (including phenoxy) is 1. The molecule has 0 aliphatic heterocycles. The second-order valence-electron chi connectivity index (χ2n) is 8.65. The van der Waals surface area contributed by atoms with Crippen LogP contribution in [0.1, 0.15) is 47.1 Å². The first-order chi connectivity index (χ1) is 12.3. The van der Waals surface area contributed by atoms with Gasteiger partial charge < -0.3 is 20.5 Å². The Morgan fingerprint density at radius 1 is 0.926 bits per heavy atom. The molecule has 0 heterocycles. The molecule has 0 bridgehead atoms. The monoisotopic (exact) mass is 378 g/mol. The van der Waals surface area contributed by atoms with Gasteiger partial charge in [0.1, 0.15) is 18.7 Å². The summed E-state index contributed by atoms with van der Waals surface area (Å²) in [4.78, 5) is 36.4. The van der Waals surface area contributed by atoms with Gasteiger partial charge in [0.05, 0.1) is 0 Å². The summed E-state index contributed by atoms with van der Waals surface area (Å²) in [6.07, 6.45) is -0.739. The van der Waals surface area contributed by atoms with Gasteiger partial charge in [-0.3, -0.25) is 4.79 Å². The Kier molecular flexibility index (Phi) is 7.39. The highest BCUT2D eigenvalue weighted by Crippen LogP contribution is 2.23. The van der Waals surface area contributed by atoms with Gasteiger partial charge in [-0.05, 0) is 16.4 Å². The molecule has 1 aromatic rings. The molecule has 0 radical (unpaired) electrons. The number of alkyl carbamates (subject to hydrolysis) is 1. The average Bonchev–Trinajstić information content (AvgIpc) is 2.54. The van der Waals surface area contributed by atoms with Crippen molar-refractivity contribution in [3.8, 4) is 0 Å². The number of hydrogen-bond donors (Lipinski definition) is 3. The number of rotatable bonds is 6. The maximum Gasteiger partial charge on any atom is 0.408 e. The third kappa shape index (κ3) is 7.29. The zero-order valence-electron chi connectivity index (χ0n) is 16.8. The van der Waals surface area contributed by atoms with Crippen LogP contribution in [-0.4, -0.2) is 35.2 Å². The van der Waals surface area contributed by atoms with E-state index in [1.165, 1.54) is 0 Å². The Morgan fingerprint density at radius 3 is 1.89 bits per heavy atom. The van der Waals surface area contributed by atoms with Gasteiger partial charge >= 0.3 is 12.1 Å². The van der Waals surface area contributed by atoms with Crippen molar-refractivity contribution >= 4 is 18.0 Å². The number of nitrogens with one attached hydrogen (secondary N) is 2. The first-order valence-corrected chi connectivity index (χ1v) is 8.83. The van der Waals surface area contributed by atoms with Gasteiger partial charge in [0.25, 0.3) is 0 Å². The third-order valence-electron chi connectivity index (χ3n) is 4.00. The maximum atomic E-state index is 12.7. The lowest BCUT2D eigenvalue weighted by atomic mass is 9.83. The van der Waals surface area contributed by atoms with Crippen LogP contribution in [0.3, 0.4) is 0 Å². The molecular formula is C20H30N2O5. The standard InChI is InChI=1S/C20H30N2O5/c1-19(2,3)14(16(23)21-15(17(24)25)20(4,5)6)22-18(26)27-12-13-10-8-7-9-11-13/h7-11,14-15H,12H2,1-6H3,(H,21,23)(H,22,26)(H,24,25)/t14?,15-/m1/s1. The molecule has 2 amide bonds. The van der Waals surface area contributed by atoms with Crippen molar-refractivity contribution in [3.63, 3.8) is 0 Å². The highest BCUT2D eigenvalue weighted by atomic mass is 16.5. The molecule has 0 aromatic heterocycles. The lowest BCUT2D eigenvalue weighted by molar-refractivity contribution is -0.145. The molecule has 0 aliphatic carbocycles. The van der Waals surface area contributed by atoms with E-state index in [-0.39, 0.29) is 6.61 Å². The van der Waals surface area contributed by atoms with Gasteiger partial charge in [0, 0.05) is 0 Å². The molecule has 1 aromatic carbocycles. The van der Waals surface area contributed by atoms with Gasteiger partial charge in [0.15, 0.2) is 0 Å². The van der Waals surface area contributed by atoms with Crippen molar-refractivity contribution in [2.24, 2.45) is 10.8 Å². The molecule has 3 N–H and O–H groups in total. The van der Waals surface area contributed by atoms with Gasteiger partial charge in [0.2, 0.25) is 5.91 Å². The van der Waals surface area contributed by atoms with Crippen LogP contribution in [-0.2, 0) is 20.9 Å². The van der Waals surface area contributed by atoms with Crippen LogP contribution < -0.4 is 10.6 Å². The van der Waals surface area contributed by atoms with Crippen molar-refractivity contribution in [1.29, 1.82) is 0 Å². The molecule has 1 unspecified atom stereocenters. The predicted molar refractivity (Wildman–Crippen MR) is 102 cm³/mol. The van der Waals surface area contributed by atoms with Crippen LogP contribution in [0.2, 0.25) is 0 Å². The van der Waals surface area contributed by atoms with E-state index in [2.05, 4.69) is 10.6 Å². The lowest BCUT2D eigenvalue weighted by Gasteiger charge is -2.34. The van der Waals surface area contributed by atoms with Crippen molar-refractivity contribution in [2.45, 2.75) is 60.2 Å². The number of carbonyl (C=O) groups excluding carboxylic acids is 2. The van der Waals surface area contributed by atoms with Crippen LogP contribution in [0, 0.1) is 10.8 Å². The summed E-state index contributed by atoms with van der Waals surface area (Å²) in [7, 11) is 0. The number of hydrogen-bond acceptors (Lipinski definition) is 4. The predicted octanol–water partition coefficient (Wildman–Crippen LogP) is 2.94. The summed E-state index contributed by atoms with van der Waals surface area (Å²) in [5.41, 5.74) is -0.503. The maximum absolute atomic E-state index is 12.7. The van der Waals surface area contributed by atoms with E-state index in [0.29, 0.717) is 0 Å². The molecule has 0 fully saturated rings. The topological polar surface area (TPSA) is 105 Å². The Hall–Kier alpha value is -2.57. The van der Waals surface area contributed by atoms with E-state index in [0.717, 1.165) is 5.56 Å². The fourth-order valence-electron chi connectivity index (χ4n) is 2.43. The summed E-state index contributed by atoms with van der Waals surface area (Å²) in [5, 5.41) is 14.5. The van der Waals surface area contributed by atoms with E-state index in [1.807, 2.05) is 30.3 Å². The zero-order chi connectivity index (χ0) is 20.8. The Balaban J connectivity index is 2.81. The third-order valence-corrected chi connectivity index (χ3v) is 4.00. The van der Waals surface area contributed by atoms with Crippen LogP contribution >= 0.6 is 0 Å². The van der Waals surface area contributed by atoms with Crippen molar-refractivity contribution < 1.29 is 24.2 Å². The molecule has 1 rings (SSSR count). The minimum absolute atomic E-state index is 0.0743. The van der Waals surface area contributed by atoms with Gasteiger partial charge in [-0.15, -0.1) is 0 Å². The van der Waals surface area contributed by atoms with E-state index in [9.17, 15) is 19.5 Å². The lowest BCUT2D eigenvalue weighted by Crippen LogP contribution is -2.59. The summed E-state index contributed by atoms with van der Waals surface area (Å²) < 4.78 is 5.18. The SMILES string of the molecule is CC(C)(C)C(NC(=O)OCc1ccccc1)C(=O)N[C@H](C(=O)O)C(C)(C)C. The molecule has 2 atom stereocenters. The summed E-state index contributed by atoms with van der Waals surface area (Å²) in [5.74, 6) is -1.70. The second-order valence-corrected chi connectivity index (χ2v) is 8.65. The summed E-state index contributed by atoms with van der Waals surface area (Å²) in [6.45, 7) is 10.6. The molecular weight excluding hydrogens is 348 g/mol. The number of benzene rings is 1. The van der Waals surface area contributed by atoms with E-state index in [1.54, 1.807) is 41.5 Å². The zero-order valence-corrected chi connectivity index (χ0v) is 16.8. The number of aliphatic carboxylic acids is 1. The van der Waals surface area contributed by atoms with Crippen LogP contribution in [0.25, 0.3) is 0 Å². The highest BCUT2D eigenvalue weighted by Gasteiger charge is 2.38. The molecule has 7 nitrogen and oxygen atoms in total. The second kappa shape index (κ2) is 8.88. The molecule has 0 saturated carbocycles. The summed E-state index contributed by atoms with van der Waals surface area (Å²) >= 11 is 0. The van der Waals surface area contributed by atoms with Crippen LogP contribution in [0.15, 0.2) is 30.3 Å². The number of carbonyl (C=O) groups is 3. The minimum Gasteiger partial charge on any atom is -0.480 e. The number of carboxylic acid groups (broad SMARTS) is 1. The Bertz CT molecular complexity index is 659. The van der Waals surface area contributed by atoms with Crippen molar-refractivity contribution in [2.75, 3.05) is 0 Å². The quantitative estimate of drug-likeness (QED) is 0.706. The minimum atomic E-state index is -1.13. The molecule has 27 heavy (non-hydrogen) atoms. The average molecular weight is 378 g/mol. The van der Waals surface area contributed by atoms with Crippen LogP contribution in [0.4, 0.5) is 4.79 Å². The van der Waals surface area contributed by atoms with Crippen molar-refractivity contribution in [1.82, 2.24) is 10.6 Å². The van der Waals surface area contributed by atoms with Gasteiger partial charge in [-0.2, -0.15) is 0 Å². The normalized spacial score (nSPS) is 14.0. The molecule has 0 aliphatic rings. The van der Waals surface area contributed by atoms with Gasteiger partial charge in [-0.25, -0.2) is 9.59 Å². The Labute approximate surface area is 160 Å². The van der Waals surface area contributed by atoms with Gasteiger partial charge in [-0.1, -0.05) is 71.9 Å². The highest BCUT2D eigenvalue weighted by molar-refractivity contribution is 5.90. The Morgan fingerprint density at radius 2 is 1.44 bits per heavy atom. The smallest absolute Gasteiger partial charge is 0.408 e. The molecule has 0 spiro atoms.